The first kappa shape index (κ1) is 19.6. The average molecular weight is 391 g/mol. The van der Waals surface area contributed by atoms with Crippen molar-refractivity contribution in [1.82, 2.24) is 9.62 Å². The second-order valence-electron chi connectivity index (χ2n) is 5.70. The van der Waals surface area contributed by atoms with E-state index in [4.69, 9.17) is 11.6 Å². The minimum atomic E-state index is -3.67. The van der Waals surface area contributed by atoms with E-state index in [2.05, 4.69) is 10.1 Å². The van der Waals surface area contributed by atoms with Crippen LogP contribution in [0.3, 0.4) is 0 Å². The molecule has 0 aromatic heterocycles. The summed E-state index contributed by atoms with van der Waals surface area (Å²) in [6.45, 7) is 3.10. The van der Waals surface area contributed by atoms with Crippen molar-refractivity contribution in [2.75, 3.05) is 33.3 Å². The summed E-state index contributed by atoms with van der Waals surface area (Å²) >= 11 is 6.00. The lowest BCUT2D eigenvalue weighted by Crippen LogP contribution is -3.19. The van der Waals surface area contributed by atoms with E-state index in [-0.39, 0.29) is 23.0 Å². The summed E-state index contributed by atoms with van der Waals surface area (Å²) in [5.74, 6) is -0.454. The van der Waals surface area contributed by atoms with E-state index >= 15 is 0 Å². The third kappa shape index (κ3) is 4.49. The highest BCUT2D eigenvalue weighted by Gasteiger charge is 2.35. The molecule has 1 aromatic carbocycles. The summed E-state index contributed by atoms with van der Waals surface area (Å²) in [4.78, 5) is 24.1. The number of quaternary nitrogens is 1. The second kappa shape index (κ2) is 8.13. The molecule has 2 rings (SSSR count). The molecule has 1 aliphatic rings. The molecule has 0 spiro atoms. The first-order valence-corrected chi connectivity index (χ1v) is 9.57. The van der Waals surface area contributed by atoms with Gasteiger partial charge >= 0.3 is 6.09 Å². The molecule has 0 aliphatic carbocycles. The van der Waals surface area contributed by atoms with Gasteiger partial charge in [-0.2, -0.15) is 4.31 Å². The Morgan fingerprint density at radius 2 is 1.88 bits per heavy atom. The number of sulfonamides is 1. The highest BCUT2D eigenvalue weighted by molar-refractivity contribution is 7.89. The lowest BCUT2D eigenvalue weighted by atomic mass is 10.2. The van der Waals surface area contributed by atoms with Crippen LogP contribution in [0.2, 0.25) is 5.02 Å². The van der Waals surface area contributed by atoms with Gasteiger partial charge in [0.25, 0.3) is 5.91 Å². The fourth-order valence-electron chi connectivity index (χ4n) is 2.69. The molecule has 0 bridgehead atoms. The number of carbonyl (C=O) groups excluding carboxylic acids is 2. The summed E-state index contributed by atoms with van der Waals surface area (Å²) < 4.78 is 31.2. The van der Waals surface area contributed by atoms with E-state index in [1.54, 1.807) is 19.1 Å². The van der Waals surface area contributed by atoms with Gasteiger partial charge in [0, 0.05) is 0 Å². The quantitative estimate of drug-likeness (QED) is 0.722. The molecule has 1 aromatic rings. The van der Waals surface area contributed by atoms with Crippen LogP contribution < -0.4 is 10.2 Å². The first-order valence-electron chi connectivity index (χ1n) is 7.75. The van der Waals surface area contributed by atoms with Gasteiger partial charge in [-0.05, 0) is 19.1 Å². The molecule has 1 fully saturated rings. The molecule has 2 N–H and O–H groups in total. The molecule has 1 aliphatic heterocycles. The Labute approximate surface area is 151 Å². The number of rotatable bonds is 4. The van der Waals surface area contributed by atoms with E-state index in [0.29, 0.717) is 13.1 Å². The Bertz CT molecular complexity index is 747. The Morgan fingerprint density at radius 1 is 1.28 bits per heavy atom. The van der Waals surface area contributed by atoms with Gasteiger partial charge in [0.05, 0.1) is 38.3 Å². The van der Waals surface area contributed by atoms with Crippen molar-refractivity contribution in [2.45, 2.75) is 17.9 Å². The number of carbonyl (C=O) groups is 2. The highest BCUT2D eigenvalue weighted by Crippen LogP contribution is 2.24. The molecular weight excluding hydrogens is 370 g/mol. The maximum Gasteiger partial charge on any atom is 0.413 e. The van der Waals surface area contributed by atoms with Gasteiger partial charge in [0.1, 0.15) is 4.90 Å². The average Bonchev–Trinajstić information content (AvgIpc) is 2.61. The molecule has 0 saturated carbocycles. The van der Waals surface area contributed by atoms with Crippen LogP contribution in [-0.2, 0) is 19.6 Å². The molecule has 10 heteroatoms. The lowest BCUT2D eigenvalue weighted by molar-refractivity contribution is -0.917. The SMILES string of the molecule is COC(=O)NC(=O)[C@H](C)[NH+]1CCN(S(=O)(=O)c2ccccc2Cl)CC1. The van der Waals surface area contributed by atoms with Crippen molar-refractivity contribution in [2.24, 2.45) is 0 Å². The number of alkyl carbamates (subject to hydrolysis) is 1. The topological polar surface area (TPSA) is 97.2 Å². The van der Waals surface area contributed by atoms with Crippen LogP contribution in [0.25, 0.3) is 0 Å². The van der Waals surface area contributed by atoms with Gasteiger partial charge < -0.3 is 9.64 Å². The number of benzene rings is 1. The maximum atomic E-state index is 12.7. The zero-order valence-electron chi connectivity index (χ0n) is 14.0. The number of nitrogens with zero attached hydrogens (tertiary/aromatic N) is 1. The number of amides is 2. The normalized spacial score (nSPS) is 17.7. The first-order chi connectivity index (χ1) is 11.8. The Kier molecular flexibility index (Phi) is 6.39. The second-order valence-corrected chi connectivity index (χ2v) is 8.01. The molecule has 2 amide bonds. The van der Waals surface area contributed by atoms with Crippen molar-refractivity contribution in [3.05, 3.63) is 29.3 Å². The number of methoxy groups -OCH3 is 1. The van der Waals surface area contributed by atoms with Crippen molar-refractivity contribution in [1.29, 1.82) is 0 Å². The Morgan fingerprint density at radius 3 is 2.44 bits per heavy atom. The largest absolute Gasteiger partial charge is 0.453 e. The summed E-state index contributed by atoms with van der Waals surface area (Å²) in [5, 5.41) is 2.31. The van der Waals surface area contributed by atoms with Crippen molar-refractivity contribution >= 4 is 33.6 Å². The predicted octanol–water partition coefficient (Wildman–Crippen LogP) is -0.500. The van der Waals surface area contributed by atoms with E-state index < -0.39 is 28.1 Å². The number of halogens is 1. The minimum Gasteiger partial charge on any atom is -0.453 e. The van der Waals surface area contributed by atoms with Crippen molar-refractivity contribution in [3.8, 4) is 0 Å². The molecule has 0 radical (unpaired) electrons. The van der Waals surface area contributed by atoms with Crippen LogP contribution >= 0.6 is 11.6 Å². The Hall–Kier alpha value is -1.68. The van der Waals surface area contributed by atoms with E-state index in [1.165, 1.54) is 23.5 Å². The molecule has 8 nitrogen and oxygen atoms in total. The fourth-order valence-corrected chi connectivity index (χ4v) is 4.62. The summed E-state index contributed by atoms with van der Waals surface area (Å²) in [5.41, 5.74) is 0. The highest BCUT2D eigenvalue weighted by atomic mass is 35.5. The third-order valence-electron chi connectivity index (χ3n) is 4.24. The standard InChI is InChI=1S/C15H20ClN3O5S/c1-11(14(20)17-15(21)24-2)18-7-9-19(10-8-18)25(22,23)13-6-4-3-5-12(13)16/h3-6,11H,7-10H2,1-2H3,(H,17,20,21)/p+1/t11-/m0/s1. The van der Waals surface area contributed by atoms with Gasteiger partial charge in [-0.3, -0.25) is 10.1 Å². The Balaban J connectivity index is 2.01. The van der Waals surface area contributed by atoms with Gasteiger partial charge in [0.15, 0.2) is 6.04 Å². The van der Waals surface area contributed by atoms with Gasteiger partial charge in [-0.1, -0.05) is 23.7 Å². The van der Waals surface area contributed by atoms with Crippen LogP contribution in [0.4, 0.5) is 4.79 Å². The summed E-state index contributed by atoms with van der Waals surface area (Å²) in [6, 6.07) is 5.81. The van der Waals surface area contributed by atoms with Crippen LogP contribution in [0.15, 0.2) is 29.2 Å². The van der Waals surface area contributed by atoms with Crippen LogP contribution in [0.1, 0.15) is 6.92 Å². The molecule has 1 saturated heterocycles. The van der Waals surface area contributed by atoms with Gasteiger partial charge in [0.2, 0.25) is 10.0 Å². The van der Waals surface area contributed by atoms with Crippen LogP contribution in [0, 0.1) is 0 Å². The fraction of sp³-hybridized carbons (Fsp3) is 0.467. The third-order valence-corrected chi connectivity index (χ3v) is 6.63. The van der Waals surface area contributed by atoms with E-state index in [9.17, 15) is 18.0 Å². The molecule has 25 heavy (non-hydrogen) atoms. The number of nitrogens with one attached hydrogen (secondary N) is 2. The van der Waals surface area contributed by atoms with E-state index in [0.717, 1.165) is 4.90 Å². The number of hydrogen-bond donors (Lipinski definition) is 2. The lowest BCUT2D eigenvalue weighted by Gasteiger charge is -2.34. The van der Waals surface area contributed by atoms with Gasteiger partial charge in [-0.15, -0.1) is 0 Å². The number of imide groups is 1. The molecular formula is C15H21ClN3O5S+. The summed E-state index contributed by atoms with van der Waals surface area (Å²) in [7, 11) is -2.49. The monoisotopic (exact) mass is 390 g/mol. The molecule has 0 unspecified atom stereocenters. The molecule has 1 heterocycles. The number of hydrogen-bond acceptors (Lipinski definition) is 5. The minimum absolute atomic E-state index is 0.0802. The van der Waals surface area contributed by atoms with Crippen molar-refractivity contribution in [3.63, 3.8) is 0 Å². The zero-order chi connectivity index (χ0) is 18.6. The summed E-state index contributed by atoms with van der Waals surface area (Å²) in [6.07, 6.45) is -0.809. The van der Waals surface area contributed by atoms with Gasteiger partial charge in [-0.25, -0.2) is 13.2 Å². The zero-order valence-corrected chi connectivity index (χ0v) is 15.6. The van der Waals surface area contributed by atoms with E-state index in [1.807, 2.05) is 0 Å². The smallest absolute Gasteiger partial charge is 0.413 e. The maximum absolute atomic E-state index is 12.7. The van der Waals surface area contributed by atoms with Crippen LogP contribution in [-0.4, -0.2) is 64.1 Å². The van der Waals surface area contributed by atoms with Crippen molar-refractivity contribution < 1.29 is 27.6 Å². The molecule has 138 valence electrons. The number of piperazine rings is 1. The van der Waals surface area contributed by atoms with Crippen LogP contribution in [0.5, 0.6) is 0 Å². The predicted molar refractivity (Wildman–Crippen MR) is 90.9 cm³/mol. The number of ether oxygens (including phenoxy) is 1. The molecule has 1 atom stereocenters.